The number of nitrogens with one attached hydrogen (secondary N) is 2. The number of rotatable bonds is 4. The van der Waals surface area contributed by atoms with Crippen molar-refractivity contribution in [2.45, 2.75) is 13.8 Å². The molecule has 0 aliphatic carbocycles. The number of carbonyl (C=O) groups is 1. The minimum absolute atomic E-state index is 0.00618. The molecule has 6 nitrogen and oxygen atoms in total. The monoisotopic (exact) mass is 237 g/mol. The number of carbonyl (C=O) groups excluding carboxylic acids is 1. The quantitative estimate of drug-likeness (QED) is 0.804. The van der Waals surface area contributed by atoms with Crippen LogP contribution in [0.4, 0.5) is 11.6 Å². The van der Waals surface area contributed by atoms with Crippen molar-refractivity contribution in [2.24, 2.45) is 0 Å². The molecule has 1 rings (SSSR count). The predicted octanol–water partition coefficient (Wildman–Crippen LogP) is 0.635. The highest BCUT2D eigenvalue weighted by Crippen LogP contribution is 2.18. The Kier molecular flexibility index (Phi) is 4.25. The number of nitrogens with zero attached hydrogens (tertiary/aromatic N) is 3. The van der Waals surface area contributed by atoms with Crippen molar-refractivity contribution < 1.29 is 4.79 Å². The van der Waals surface area contributed by atoms with Crippen molar-refractivity contribution in [3.8, 4) is 0 Å². The second kappa shape index (κ2) is 5.47. The number of amides is 1. The lowest BCUT2D eigenvalue weighted by atomic mass is 10.3. The van der Waals surface area contributed by atoms with Crippen LogP contribution in [0.1, 0.15) is 11.4 Å². The lowest BCUT2D eigenvalue weighted by Crippen LogP contribution is -2.29. The summed E-state index contributed by atoms with van der Waals surface area (Å²) in [5.41, 5.74) is 0.907. The Balaban J connectivity index is 2.84. The van der Waals surface area contributed by atoms with Gasteiger partial charge in [0.1, 0.15) is 17.5 Å². The van der Waals surface area contributed by atoms with Crippen molar-refractivity contribution >= 4 is 17.5 Å². The van der Waals surface area contributed by atoms with Gasteiger partial charge in [0.25, 0.3) is 0 Å². The molecule has 0 atom stereocenters. The molecule has 94 valence electrons. The number of aryl methyl sites for hydroxylation is 1. The van der Waals surface area contributed by atoms with E-state index in [1.807, 2.05) is 20.9 Å². The molecule has 1 heterocycles. The van der Waals surface area contributed by atoms with E-state index in [0.29, 0.717) is 11.6 Å². The third kappa shape index (κ3) is 3.30. The molecular weight excluding hydrogens is 218 g/mol. The fraction of sp³-hybridized carbons (Fsp3) is 0.545. The molecule has 0 fully saturated rings. The van der Waals surface area contributed by atoms with E-state index >= 15 is 0 Å². The Bertz CT molecular complexity index is 417. The molecule has 0 aromatic carbocycles. The summed E-state index contributed by atoms with van der Waals surface area (Å²) < 4.78 is 0. The fourth-order valence-electron chi connectivity index (χ4n) is 1.36. The molecule has 17 heavy (non-hydrogen) atoms. The van der Waals surface area contributed by atoms with E-state index in [0.717, 1.165) is 11.4 Å². The molecule has 0 saturated heterocycles. The van der Waals surface area contributed by atoms with Gasteiger partial charge in [-0.25, -0.2) is 9.97 Å². The second-order valence-electron chi connectivity index (χ2n) is 3.98. The van der Waals surface area contributed by atoms with Gasteiger partial charge in [-0.1, -0.05) is 0 Å². The molecule has 0 spiro atoms. The molecule has 0 aliphatic rings. The summed E-state index contributed by atoms with van der Waals surface area (Å²) >= 11 is 0. The molecule has 6 heteroatoms. The summed E-state index contributed by atoms with van der Waals surface area (Å²) in [5, 5.41) is 6.03. The van der Waals surface area contributed by atoms with Crippen LogP contribution in [-0.4, -0.2) is 48.5 Å². The molecule has 0 bridgehead atoms. The van der Waals surface area contributed by atoms with Gasteiger partial charge >= 0.3 is 0 Å². The van der Waals surface area contributed by atoms with E-state index in [2.05, 4.69) is 20.6 Å². The smallest absolute Gasteiger partial charge is 0.241 e. The number of aromatic nitrogens is 2. The van der Waals surface area contributed by atoms with Gasteiger partial charge in [-0.2, -0.15) is 0 Å². The van der Waals surface area contributed by atoms with Crippen LogP contribution in [-0.2, 0) is 4.79 Å². The van der Waals surface area contributed by atoms with Crippen LogP contribution in [0.25, 0.3) is 0 Å². The van der Waals surface area contributed by atoms with E-state index in [9.17, 15) is 4.79 Å². The van der Waals surface area contributed by atoms with Gasteiger partial charge in [0.2, 0.25) is 5.91 Å². The summed E-state index contributed by atoms with van der Waals surface area (Å²) in [4.78, 5) is 21.5. The number of hydrogen-bond donors (Lipinski definition) is 2. The summed E-state index contributed by atoms with van der Waals surface area (Å²) in [6.45, 7) is 3.96. The van der Waals surface area contributed by atoms with Crippen LogP contribution in [0.5, 0.6) is 0 Å². The molecule has 0 radical (unpaired) electrons. The van der Waals surface area contributed by atoms with Crippen LogP contribution < -0.4 is 10.6 Å². The lowest BCUT2D eigenvalue weighted by molar-refractivity contribution is -0.126. The van der Waals surface area contributed by atoms with E-state index in [1.165, 1.54) is 4.90 Å². The van der Waals surface area contributed by atoms with Crippen LogP contribution in [0.3, 0.4) is 0 Å². The van der Waals surface area contributed by atoms with Crippen molar-refractivity contribution in [1.82, 2.24) is 14.9 Å². The molecular formula is C11H19N5O. The zero-order valence-electron chi connectivity index (χ0n) is 11.0. The minimum Gasteiger partial charge on any atom is -0.373 e. The van der Waals surface area contributed by atoms with Gasteiger partial charge < -0.3 is 15.5 Å². The van der Waals surface area contributed by atoms with Crippen LogP contribution in [0.15, 0.2) is 0 Å². The van der Waals surface area contributed by atoms with Crippen LogP contribution >= 0.6 is 0 Å². The first kappa shape index (κ1) is 13.2. The summed E-state index contributed by atoms with van der Waals surface area (Å²) in [5.74, 6) is 2.14. The van der Waals surface area contributed by atoms with Gasteiger partial charge in [0, 0.05) is 26.7 Å². The maximum absolute atomic E-state index is 11.5. The van der Waals surface area contributed by atoms with E-state index in [4.69, 9.17) is 0 Å². The highest BCUT2D eigenvalue weighted by Gasteiger charge is 2.10. The molecule has 1 amide bonds. The summed E-state index contributed by atoms with van der Waals surface area (Å²) in [6.07, 6.45) is 0. The molecule has 1 aromatic heterocycles. The number of likely N-dealkylation sites (N-methyl/N-ethyl adjacent to an activating group) is 1. The Morgan fingerprint density at radius 3 is 2.35 bits per heavy atom. The Hall–Kier alpha value is -1.85. The molecule has 2 N–H and O–H groups in total. The number of anilines is 2. The van der Waals surface area contributed by atoms with E-state index < -0.39 is 0 Å². The van der Waals surface area contributed by atoms with Crippen LogP contribution in [0.2, 0.25) is 0 Å². The zero-order chi connectivity index (χ0) is 13.0. The van der Waals surface area contributed by atoms with Crippen LogP contribution in [0, 0.1) is 13.8 Å². The summed E-state index contributed by atoms with van der Waals surface area (Å²) in [7, 11) is 5.26. The first-order valence-electron chi connectivity index (χ1n) is 5.42. The minimum atomic E-state index is 0.00618. The maximum Gasteiger partial charge on any atom is 0.241 e. The SMILES string of the molecule is CNc1nc(C)nc(NCC(=O)N(C)C)c1C. The van der Waals surface area contributed by atoms with Crippen molar-refractivity contribution in [3.63, 3.8) is 0 Å². The standard InChI is InChI=1S/C11H19N5O/c1-7-10(12-3)14-8(2)15-11(7)13-6-9(17)16(4)5/h6H2,1-5H3,(H2,12,13,14,15). The maximum atomic E-state index is 11.5. The van der Waals surface area contributed by atoms with Gasteiger partial charge in [-0.05, 0) is 13.8 Å². The normalized spacial score (nSPS) is 9.94. The third-order valence-electron chi connectivity index (χ3n) is 2.40. The Labute approximate surface area is 101 Å². The Morgan fingerprint density at radius 2 is 1.82 bits per heavy atom. The summed E-state index contributed by atoms with van der Waals surface area (Å²) in [6, 6.07) is 0. The van der Waals surface area contributed by atoms with Crippen molar-refractivity contribution in [2.75, 3.05) is 38.3 Å². The first-order valence-corrected chi connectivity index (χ1v) is 5.42. The van der Waals surface area contributed by atoms with E-state index in [1.54, 1.807) is 14.1 Å². The van der Waals surface area contributed by atoms with Gasteiger partial charge in [-0.15, -0.1) is 0 Å². The zero-order valence-corrected chi connectivity index (χ0v) is 11.0. The Morgan fingerprint density at radius 1 is 1.24 bits per heavy atom. The van der Waals surface area contributed by atoms with Crippen molar-refractivity contribution in [1.29, 1.82) is 0 Å². The first-order chi connectivity index (χ1) is 7.95. The second-order valence-corrected chi connectivity index (χ2v) is 3.98. The third-order valence-corrected chi connectivity index (χ3v) is 2.40. The van der Waals surface area contributed by atoms with E-state index in [-0.39, 0.29) is 12.5 Å². The number of hydrogen-bond acceptors (Lipinski definition) is 5. The molecule has 0 aliphatic heterocycles. The largest absolute Gasteiger partial charge is 0.373 e. The van der Waals surface area contributed by atoms with Gasteiger partial charge in [0.05, 0.1) is 6.54 Å². The highest BCUT2D eigenvalue weighted by atomic mass is 16.2. The van der Waals surface area contributed by atoms with Gasteiger partial charge in [-0.3, -0.25) is 4.79 Å². The predicted molar refractivity (Wildman–Crippen MR) is 68.2 cm³/mol. The topological polar surface area (TPSA) is 70.1 Å². The molecule has 0 saturated carbocycles. The molecule has 0 unspecified atom stereocenters. The van der Waals surface area contributed by atoms with Gasteiger partial charge in [0.15, 0.2) is 0 Å². The molecule has 1 aromatic rings. The average Bonchev–Trinajstić information content (AvgIpc) is 2.29. The average molecular weight is 237 g/mol. The highest BCUT2D eigenvalue weighted by molar-refractivity contribution is 5.80. The van der Waals surface area contributed by atoms with Crippen molar-refractivity contribution in [3.05, 3.63) is 11.4 Å². The lowest BCUT2D eigenvalue weighted by Gasteiger charge is -2.14. The fourth-order valence-corrected chi connectivity index (χ4v) is 1.36.